The van der Waals surface area contributed by atoms with Crippen LogP contribution in [0.5, 0.6) is 0 Å². The molecule has 0 saturated carbocycles. The Morgan fingerprint density at radius 2 is 2.12 bits per heavy atom. The van der Waals surface area contributed by atoms with Crippen LogP contribution in [-0.2, 0) is 0 Å². The first-order valence-electron chi connectivity index (χ1n) is 5.97. The van der Waals surface area contributed by atoms with E-state index in [1.165, 1.54) is 23.0 Å². The van der Waals surface area contributed by atoms with Crippen LogP contribution in [0.2, 0.25) is 0 Å². The summed E-state index contributed by atoms with van der Waals surface area (Å²) in [5.41, 5.74) is 0. The van der Waals surface area contributed by atoms with Gasteiger partial charge in [-0.25, -0.2) is 4.98 Å². The van der Waals surface area contributed by atoms with Gasteiger partial charge in [-0.3, -0.25) is 0 Å². The SMILES string of the molecule is CC(C)CNc1nc(C2SCCSC2C)ns1. The highest BCUT2D eigenvalue weighted by Crippen LogP contribution is 2.41. The second-order valence-corrected chi connectivity index (χ2v) is 8.09. The van der Waals surface area contributed by atoms with Gasteiger partial charge in [0.15, 0.2) is 5.82 Å². The summed E-state index contributed by atoms with van der Waals surface area (Å²) in [6, 6.07) is 0. The van der Waals surface area contributed by atoms with Crippen molar-refractivity contribution in [2.24, 2.45) is 5.92 Å². The summed E-state index contributed by atoms with van der Waals surface area (Å²) in [4.78, 5) is 4.62. The van der Waals surface area contributed by atoms with Crippen molar-refractivity contribution >= 4 is 40.2 Å². The maximum atomic E-state index is 4.62. The van der Waals surface area contributed by atoms with Crippen molar-refractivity contribution in [2.45, 2.75) is 31.3 Å². The standard InChI is InChI=1S/C11H19N3S3/c1-7(2)6-12-11-13-10(14-17-11)9-8(3)15-4-5-16-9/h7-9H,4-6H2,1-3H3,(H,12,13,14). The van der Waals surface area contributed by atoms with Gasteiger partial charge in [0.1, 0.15) is 0 Å². The van der Waals surface area contributed by atoms with Crippen molar-refractivity contribution < 1.29 is 0 Å². The topological polar surface area (TPSA) is 37.8 Å². The fourth-order valence-corrected chi connectivity index (χ4v) is 5.00. The third kappa shape index (κ3) is 3.76. The lowest BCUT2D eigenvalue weighted by Gasteiger charge is -2.25. The fourth-order valence-electron chi connectivity index (χ4n) is 1.63. The van der Waals surface area contributed by atoms with Gasteiger partial charge in [0.05, 0.1) is 5.25 Å². The number of thioether (sulfide) groups is 2. The molecule has 0 aromatic carbocycles. The molecule has 0 bridgehead atoms. The minimum atomic E-state index is 0.472. The fraction of sp³-hybridized carbons (Fsp3) is 0.818. The maximum absolute atomic E-state index is 4.62. The van der Waals surface area contributed by atoms with E-state index in [-0.39, 0.29) is 0 Å². The Balaban J connectivity index is 1.97. The van der Waals surface area contributed by atoms with E-state index in [9.17, 15) is 0 Å². The maximum Gasteiger partial charge on any atom is 0.202 e. The summed E-state index contributed by atoms with van der Waals surface area (Å²) in [7, 11) is 0. The van der Waals surface area contributed by atoms with Crippen LogP contribution in [0.3, 0.4) is 0 Å². The van der Waals surface area contributed by atoms with Gasteiger partial charge in [0.2, 0.25) is 5.13 Å². The van der Waals surface area contributed by atoms with Crippen molar-refractivity contribution in [2.75, 3.05) is 23.4 Å². The Labute approximate surface area is 116 Å². The molecule has 1 fully saturated rings. The molecule has 0 spiro atoms. The number of aromatic nitrogens is 2. The zero-order valence-corrected chi connectivity index (χ0v) is 12.9. The summed E-state index contributed by atoms with van der Waals surface area (Å²) in [5.74, 6) is 4.13. The molecule has 1 N–H and O–H groups in total. The average molecular weight is 289 g/mol. The first-order valence-corrected chi connectivity index (χ1v) is 8.84. The second kappa shape index (κ2) is 6.29. The monoisotopic (exact) mass is 289 g/mol. The van der Waals surface area contributed by atoms with Crippen molar-refractivity contribution in [1.29, 1.82) is 0 Å². The van der Waals surface area contributed by atoms with Crippen molar-refractivity contribution in [3.63, 3.8) is 0 Å². The van der Waals surface area contributed by atoms with E-state index in [1.807, 2.05) is 23.5 Å². The molecule has 1 saturated heterocycles. The highest BCUT2D eigenvalue weighted by atomic mass is 32.2. The van der Waals surface area contributed by atoms with Gasteiger partial charge in [-0.1, -0.05) is 20.8 Å². The molecule has 3 nitrogen and oxygen atoms in total. The number of hydrogen-bond donors (Lipinski definition) is 1. The molecule has 96 valence electrons. The van der Waals surface area contributed by atoms with Crippen LogP contribution in [0.15, 0.2) is 0 Å². The van der Waals surface area contributed by atoms with Gasteiger partial charge in [-0.15, -0.1) is 11.8 Å². The van der Waals surface area contributed by atoms with Crippen LogP contribution in [0, 0.1) is 5.92 Å². The molecule has 2 heterocycles. The third-order valence-electron chi connectivity index (χ3n) is 2.55. The van der Waals surface area contributed by atoms with E-state index in [4.69, 9.17) is 0 Å². The summed E-state index contributed by atoms with van der Waals surface area (Å²) in [6.07, 6.45) is 0. The van der Waals surface area contributed by atoms with Crippen LogP contribution >= 0.6 is 35.1 Å². The molecular weight excluding hydrogens is 270 g/mol. The smallest absolute Gasteiger partial charge is 0.202 e. The number of nitrogens with one attached hydrogen (secondary N) is 1. The summed E-state index contributed by atoms with van der Waals surface area (Å²) in [5, 5.41) is 5.41. The highest BCUT2D eigenvalue weighted by Gasteiger charge is 2.27. The molecule has 1 aliphatic rings. The van der Waals surface area contributed by atoms with Gasteiger partial charge in [-0.05, 0) is 5.92 Å². The zero-order chi connectivity index (χ0) is 12.3. The molecule has 17 heavy (non-hydrogen) atoms. The van der Waals surface area contributed by atoms with Gasteiger partial charge in [0.25, 0.3) is 0 Å². The van der Waals surface area contributed by atoms with Gasteiger partial charge in [-0.2, -0.15) is 16.1 Å². The van der Waals surface area contributed by atoms with E-state index in [0.717, 1.165) is 17.5 Å². The normalized spacial score (nSPS) is 25.2. The molecule has 2 rings (SSSR count). The molecule has 2 unspecified atom stereocenters. The summed E-state index contributed by atoms with van der Waals surface area (Å²) >= 11 is 5.52. The Morgan fingerprint density at radius 1 is 1.35 bits per heavy atom. The van der Waals surface area contributed by atoms with Crippen LogP contribution in [0.4, 0.5) is 5.13 Å². The Morgan fingerprint density at radius 3 is 2.82 bits per heavy atom. The molecule has 0 amide bonds. The summed E-state index contributed by atoms with van der Waals surface area (Å²) < 4.78 is 4.50. The molecular formula is C11H19N3S3. The zero-order valence-electron chi connectivity index (χ0n) is 10.5. The second-order valence-electron chi connectivity index (χ2n) is 4.60. The Bertz CT molecular complexity index is 353. The van der Waals surface area contributed by atoms with Gasteiger partial charge in [0, 0.05) is 34.8 Å². The first-order chi connectivity index (χ1) is 8.16. The number of nitrogens with zero attached hydrogens (tertiary/aromatic N) is 2. The molecule has 0 radical (unpaired) electrons. The minimum Gasteiger partial charge on any atom is -0.360 e. The Hall–Kier alpha value is 0.0600. The number of hydrogen-bond acceptors (Lipinski definition) is 6. The predicted molar refractivity (Wildman–Crippen MR) is 80.4 cm³/mol. The van der Waals surface area contributed by atoms with Crippen molar-refractivity contribution in [1.82, 2.24) is 9.36 Å². The minimum absolute atomic E-state index is 0.472. The number of rotatable bonds is 4. The van der Waals surface area contributed by atoms with Crippen molar-refractivity contribution in [3.05, 3.63) is 5.82 Å². The highest BCUT2D eigenvalue weighted by molar-refractivity contribution is 8.06. The van der Waals surface area contributed by atoms with Gasteiger partial charge < -0.3 is 5.32 Å². The third-order valence-corrected chi connectivity index (χ3v) is 6.32. The largest absolute Gasteiger partial charge is 0.360 e. The van der Waals surface area contributed by atoms with Crippen molar-refractivity contribution in [3.8, 4) is 0 Å². The van der Waals surface area contributed by atoms with Crippen LogP contribution in [0.1, 0.15) is 31.8 Å². The quantitative estimate of drug-likeness (QED) is 0.918. The average Bonchev–Trinajstić information content (AvgIpc) is 2.75. The van der Waals surface area contributed by atoms with E-state index >= 15 is 0 Å². The van der Waals surface area contributed by atoms with E-state index in [2.05, 4.69) is 35.4 Å². The van der Waals surface area contributed by atoms with E-state index in [1.54, 1.807) is 0 Å². The lowest BCUT2D eigenvalue weighted by molar-refractivity contribution is 0.688. The molecule has 0 aliphatic carbocycles. The molecule has 1 aliphatic heterocycles. The van der Waals surface area contributed by atoms with E-state index < -0.39 is 0 Å². The molecule has 1 aromatic heterocycles. The summed E-state index contributed by atoms with van der Waals surface area (Å²) in [6.45, 7) is 7.65. The molecule has 6 heteroatoms. The molecule has 1 aromatic rings. The lowest BCUT2D eigenvalue weighted by atomic mass is 10.2. The lowest BCUT2D eigenvalue weighted by Crippen LogP contribution is -2.17. The van der Waals surface area contributed by atoms with Crippen LogP contribution in [0.25, 0.3) is 0 Å². The Kier molecular flexibility index (Phi) is 4.99. The molecule has 2 atom stereocenters. The predicted octanol–water partition coefficient (Wildman–Crippen LogP) is 3.52. The van der Waals surface area contributed by atoms with Gasteiger partial charge >= 0.3 is 0 Å². The van der Waals surface area contributed by atoms with Crippen LogP contribution < -0.4 is 5.32 Å². The first kappa shape index (κ1) is 13.5. The van der Waals surface area contributed by atoms with Crippen LogP contribution in [-0.4, -0.2) is 32.7 Å². The number of anilines is 1. The van der Waals surface area contributed by atoms with E-state index in [0.29, 0.717) is 16.4 Å².